The van der Waals surface area contributed by atoms with Crippen molar-refractivity contribution in [3.8, 4) is 11.5 Å². The van der Waals surface area contributed by atoms with Crippen LogP contribution in [0.1, 0.15) is 31.7 Å². The number of piperidine rings is 1. The van der Waals surface area contributed by atoms with Crippen molar-refractivity contribution in [3.05, 3.63) is 23.8 Å². The van der Waals surface area contributed by atoms with Crippen molar-refractivity contribution >= 4 is 12.0 Å². The van der Waals surface area contributed by atoms with E-state index in [9.17, 15) is 14.7 Å². The van der Waals surface area contributed by atoms with Crippen LogP contribution in [0.4, 0.5) is 4.79 Å². The van der Waals surface area contributed by atoms with Gasteiger partial charge in [-0.3, -0.25) is 4.79 Å². The van der Waals surface area contributed by atoms with Crippen LogP contribution in [0.15, 0.2) is 18.2 Å². The molecule has 1 N–H and O–H groups in total. The molecule has 3 rings (SSSR count). The van der Waals surface area contributed by atoms with Crippen LogP contribution in [0, 0.1) is 5.92 Å². The third-order valence-electron chi connectivity index (χ3n) is 5.53. The molecule has 2 saturated heterocycles. The second kappa shape index (κ2) is 7.43. The summed E-state index contributed by atoms with van der Waals surface area (Å²) < 4.78 is 10.7. The maximum absolute atomic E-state index is 13.1. The Morgan fingerprint density at radius 1 is 1.27 bits per heavy atom. The van der Waals surface area contributed by atoms with Crippen LogP contribution < -0.4 is 9.47 Å². The number of urea groups is 1. The van der Waals surface area contributed by atoms with Crippen LogP contribution >= 0.6 is 0 Å². The Balaban J connectivity index is 1.79. The first-order chi connectivity index (χ1) is 12.4. The molecule has 0 aliphatic carbocycles. The fraction of sp³-hybridized carbons (Fsp3) is 0.579. The van der Waals surface area contributed by atoms with E-state index >= 15 is 0 Å². The number of ether oxygens (including phenoxy) is 2. The molecule has 0 radical (unpaired) electrons. The van der Waals surface area contributed by atoms with Gasteiger partial charge in [-0.2, -0.15) is 0 Å². The number of rotatable bonds is 5. The summed E-state index contributed by atoms with van der Waals surface area (Å²) >= 11 is 0. The number of methoxy groups -OCH3 is 2. The number of carbonyl (C=O) groups excluding carboxylic acids is 1. The number of carboxylic acids is 1. The van der Waals surface area contributed by atoms with Gasteiger partial charge in [-0.05, 0) is 38.3 Å². The molecule has 0 spiro atoms. The SMILES string of the molecule is COc1ccc(CN2C(=O)N3CC(C(=O)O)CCC3CC2C)c(OC)c1. The average Bonchev–Trinajstić information content (AvgIpc) is 2.64. The standard InChI is InChI=1S/C19H26N2O5/c1-12-8-15-6-4-14(18(22)23)11-21(15)19(24)20(12)10-13-5-7-16(25-2)9-17(13)26-3/h5,7,9,12,14-15H,4,6,8,10-11H2,1-3H3,(H,22,23). The second-order valence-electron chi connectivity index (χ2n) is 7.09. The van der Waals surface area contributed by atoms with E-state index in [1.165, 1.54) is 0 Å². The fourth-order valence-electron chi connectivity index (χ4n) is 3.97. The number of aliphatic carboxylic acids is 1. The number of carbonyl (C=O) groups is 2. The Morgan fingerprint density at radius 2 is 2.04 bits per heavy atom. The highest BCUT2D eigenvalue weighted by atomic mass is 16.5. The zero-order valence-electron chi connectivity index (χ0n) is 15.5. The summed E-state index contributed by atoms with van der Waals surface area (Å²) in [6.07, 6.45) is 2.26. The van der Waals surface area contributed by atoms with Gasteiger partial charge in [-0.25, -0.2) is 4.79 Å². The van der Waals surface area contributed by atoms with E-state index < -0.39 is 11.9 Å². The summed E-state index contributed by atoms with van der Waals surface area (Å²) in [7, 11) is 3.19. The Morgan fingerprint density at radius 3 is 2.69 bits per heavy atom. The lowest BCUT2D eigenvalue weighted by Gasteiger charge is -2.48. The monoisotopic (exact) mass is 362 g/mol. The van der Waals surface area contributed by atoms with Gasteiger partial charge >= 0.3 is 12.0 Å². The Bertz CT molecular complexity index is 693. The normalized spacial score (nSPS) is 25.7. The third-order valence-corrected chi connectivity index (χ3v) is 5.53. The predicted octanol–water partition coefficient (Wildman–Crippen LogP) is 2.58. The minimum atomic E-state index is -0.821. The number of fused-ring (bicyclic) bond motifs is 1. The maximum Gasteiger partial charge on any atom is 0.320 e. The van der Waals surface area contributed by atoms with Crippen LogP contribution in [-0.2, 0) is 11.3 Å². The van der Waals surface area contributed by atoms with Crippen molar-refractivity contribution in [1.82, 2.24) is 9.80 Å². The number of nitrogens with zero attached hydrogens (tertiary/aromatic N) is 2. The molecule has 142 valence electrons. The highest BCUT2D eigenvalue weighted by Gasteiger charge is 2.42. The molecule has 0 bridgehead atoms. The Hall–Kier alpha value is -2.44. The highest BCUT2D eigenvalue weighted by Crippen LogP contribution is 2.34. The molecule has 0 saturated carbocycles. The zero-order chi connectivity index (χ0) is 18.8. The molecule has 2 aliphatic rings. The highest BCUT2D eigenvalue weighted by molar-refractivity contribution is 5.78. The molecule has 1 aromatic carbocycles. The van der Waals surface area contributed by atoms with E-state index in [0.717, 1.165) is 18.4 Å². The summed E-state index contributed by atoms with van der Waals surface area (Å²) in [6.45, 7) is 2.77. The molecular weight excluding hydrogens is 336 g/mol. The smallest absolute Gasteiger partial charge is 0.320 e. The van der Waals surface area contributed by atoms with E-state index in [1.54, 1.807) is 25.2 Å². The lowest BCUT2D eigenvalue weighted by molar-refractivity contribution is -0.144. The van der Waals surface area contributed by atoms with Crippen molar-refractivity contribution in [2.75, 3.05) is 20.8 Å². The van der Waals surface area contributed by atoms with Gasteiger partial charge in [0.25, 0.3) is 0 Å². The molecule has 3 unspecified atom stereocenters. The third kappa shape index (κ3) is 3.43. The summed E-state index contributed by atoms with van der Waals surface area (Å²) in [5.41, 5.74) is 0.902. The average molecular weight is 362 g/mol. The molecule has 2 aliphatic heterocycles. The van der Waals surface area contributed by atoms with Gasteiger partial charge in [0.15, 0.2) is 0 Å². The van der Waals surface area contributed by atoms with Crippen LogP contribution in [0.5, 0.6) is 11.5 Å². The van der Waals surface area contributed by atoms with E-state index in [1.807, 2.05) is 17.0 Å². The fourth-order valence-corrected chi connectivity index (χ4v) is 3.97. The van der Waals surface area contributed by atoms with Gasteiger partial charge in [0, 0.05) is 30.3 Å². The first kappa shape index (κ1) is 18.4. The number of benzene rings is 1. The van der Waals surface area contributed by atoms with Gasteiger partial charge in [-0.15, -0.1) is 0 Å². The van der Waals surface area contributed by atoms with Gasteiger partial charge in [0.05, 0.1) is 26.7 Å². The minimum absolute atomic E-state index is 0.0856. The van der Waals surface area contributed by atoms with Gasteiger partial charge < -0.3 is 24.4 Å². The number of hydrogen-bond donors (Lipinski definition) is 1. The summed E-state index contributed by atoms with van der Waals surface area (Å²) in [5, 5.41) is 9.31. The molecule has 1 aromatic rings. The van der Waals surface area contributed by atoms with Gasteiger partial charge in [-0.1, -0.05) is 0 Å². The lowest BCUT2D eigenvalue weighted by Crippen LogP contribution is -2.60. The number of hydrogen-bond acceptors (Lipinski definition) is 4. The van der Waals surface area contributed by atoms with Crippen LogP contribution in [-0.4, -0.2) is 59.8 Å². The summed E-state index contributed by atoms with van der Waals surface area (Å²) in [6, 6.07) is 5.70. The maximum atomic E-state index is 13.1. The molecule has 7 nitrogen and oxygen atoms in total. The van der Waals surface area contributed by atoms with Crippen LogP contribution in [0.2, 0.25) is 0 Å². The Kier molecular flexibility index (Phi) is 5.25. The van der Waals surface area contributed by atoms with E-state index in [2.05, 4.69) is 6.92 Å². The molecule has 3 atom stereocenters. The van der Waals surface area contributed by atoms with E-state index in [0.29, 0.717) is 31.0 Å². The van der Waals surface area contributed by atoms with Crippen LogP contribution in [0.3, 0.4) is 0 Å². The lowest BCUT2D eigenvalue weighted by atomic mass is 9.88. The van der Waals surface area contributed by atoms with Gasteiger partial charge in [0.2, 0.25) is 0 Å². The first-order valence-electron chi connectivity index (χ1n) is 8.95. The minimum Gasteiger partial charge on any atom is -0.497 e. The largest absolute Gasteiger partial charge is 0.497 e. The molecule has 2 fully saturated rings. The zero-order valence-corrected chi connectivity index (χ0v) is 15.5. The Labute approximate surface area is 153 Å². The molecule has 2 amide bonds. The second-order valence-corrected chi connectivity index (χ2v) is 7.09. The first-order valence-corrected chi connectivity index (χ1v) is 8.95. The van der Waals surface area contributed by atoms with E-state index in [-0.39, 0.29) is 18.1 Å². The molecule has 2 heterocycles. The number of amides is 2. The van der Waals surface area contributed by atoms with Crippen molar-refractivity contribution in [3.63, 3.8) is 0 Å². The predicted molar refractivity (Wildman–Crippen MR) is 95.4 cm³/mol. The van der Waals surface area contributed by atoms with Gasteiger partial charge in [0.1, 0.15) is 11.5 Å². The topological polar surface area (TPSA) is 79.3 Å². The number of carboxylic acid groups (broad SMARTS) is 1. The molecule has 7 heteroatoms. The van der Waals surface area contributed by atoms with Crippen molar-refractivity contribution in [1.29, 1.82) is 0 Å². The van der Waals surface area contributed by atoms with Crippen molar-refractivity contribution in [2.24, 2.45) is 5.92 Å². The van der Waals surface area contributed by atoms with Crippen molar-refractivity contribution < 1.29 is 24.2 Å². The molecule has 0 aromatic heterocycles. The summed E-state index contributed by atoms with van der Waals surface area (Å²) in [4.78, 5) is 28.0. The molecular formula is C19H26N2O5. The van der Waals surface area contributed by atoms with E-state index in [4.69, 9.17) is 9.47 Å². The van der Waals surface area contributed by atoms with Crippen LogP contribution in [0.25, 0.3) is 0 Å². The summed E-state index contributed by atoms with van der Waals surface area (Å²) in [5.74, 6) is 0.0803. The quantitative estimate of drug-likeness (QED) is 0.871. The molecule has 26 heavy (non-hydrogen) atoms. The van der Waals surface area contributed by atoms with Crippen molar-refractivity contribution in [2.45, 2.75) is 44.8 Å².